The normalized spacial score (nSPS) is 17.2. The zero-order valence-corrected chi connectivity index (χ0v) is 15.6. The number of carbonyl (C=O) groups is 3. The second-order valence-electron chi connectivity index (χ2n) is 6.70. The van der Waals surface area contributed by atoms with Gasteiger partial charge >= 0.3 is 5.97 Å². The first kappa shape index (κ1) is 19.6. The minimum Gasteiger partial charge on any atom is -0.497 e. The van der Waals surface area contributed by atoms with E-state index in [9.17, 15) is 19.5 Å². The van der Waals surface area contributed by atoms with Crippen LogP contribution in [0.15, 0.2) is 18.2 Å². The fourth-order valence-electron chi connectivity index (χ4n) is 2.81. The standard InChI is InChI=1S/C18H24N2O6/c1-18(2,17(23)24)19(3)16(22)11-8-15(21)20(10-11)13-7-6-12(25-4)9-14(13)26-5/h6-7,9,11H,8,10H2,1-5H3,(H,23,24). The number of likely N-dealkylation sites (N-methyl/N-ethyl adjacent to an activating group) is 1. The number of aliphatic carboxylic acids is 1. The van der Waals surface area contributed by atoms with E-state index in [4.69, 9.17) is 9.47 Å². The minimum atomic E-state index is -1.36. The summed E-state index contributed by atoms with van der Waals surface area (Å²) in [6.07, 6.45) is 0.0219. The maximum Gasteiger partial charge on any atom is 0.329 e. The van der Waals surface area contributed by atoms with Gasteiger partial charge in [-0.15, -0.1) is 0 Å². The highest BCUT2D eigenvalue weighted by molar-refractivity contribution is 6.02. The lowest BCUT2D eigenvalue weighted by molar-refractivity contribution is -0.156. The Morgan fingerprint density at radius 1 is 1.27 bits per heavy atom. The highest BCUT2D eigenvalue weighted by Gasteiger charge is 2.42. The number of hydrogen-bond donors (Lipinski definition) is 1. The molecule has 1 saturated heterocycles. The summed E-state index contributed by atoms with van der Waals surface area (Å²) < 4.78 is 10.5. The molecule has 8 nitrogen and oxygen atoms in total. The second-order valence-corrected chi connectivity index (χ2v) is 6.70. The maximum absolute atomic E-state index is 12.7. The summed E-state index contributed by atoms with van der Waals surface area (Å²) in [6.45, 7) is 3.07. The molecule has 1 N–H and O–H groups in total. The van der Waals surface area contributed by atoms with Crippen LogP contribution < -0.4 is 14.4 Å². The van der Waals surface area contributed by atoms with Crippen LogP contribution in [0.2, 0.25) is 0 Å². The van der Waals surface area contributed by atoms with Crippen LogP contribution in [0.4, 0.5) is 5.69 Å². The van der Waals surface area contributed by atoms with E-state index in [0.29, 0.717) is 17.2 Å². The predicted octanol–water partition coefficient (Wildman–Crippen LogP) is 1.38. The van der Waals surface area contributed by atoms with Gasteiger partial charge in [0.2, 0.25) is 11.8 Å². The van der Waals surface area contributed by atoms with Gasteiger partial charge in [-0.05, 0) is 26.0 Å². The topological polar surface area (TPSA) is 96.4 Å². The van der Waals surface area contributed by atoms with Gasteiger partial charge in [0.05, 0.1) is 25.8 Å². The first-order valence-electron chi connectivity index (χ1n) is 8.17. The van der Waals surface area contributed by atoms with Crippen molar-refractivity contribution in [2.24, 2.45) is 5.92 Å². The van der Waals surface area contributed by atoms with Crippen LogP contribution in [0.5, 0.6) is 11.5 Å². The number of amides is 2. The number of methoxy groups -OCH3 is 2. The maximum atomic E-state index is 12.7. The summed E-state index contributed by atoms with van der Waals surface area (Å²) >= 11 is 0. The number of carboxylic acids is 1. The summed E-state index contributed by atoms with van der Waals surface area (Å²) in [5, 5.41) is 9.30. The van der Waals surface area contributed by atoms with Crippen molar-refractivity contribution in [3.05, 3.63) is 18.2 Å². The first-order chi connectivity index (χ1) is 12.1. The van der Waals surface area contributed by atoms with Gasteiger partial charge < -0.3 is 24.4 Å². The lowest BCUT2D eigenvalue weighted by atomic mass is 10.00. The van der Waals surface area contributed by atoms with Crippen LogP contribution in [0, 0.1) is 5.92 Å². The molecule has 1 aromatic carbocycles. The molecule has 1 aliphatic heterocycles. The summed E-state index contributed by atoms with van der Waals surface area (Å²) in [5.74, 6) is -1.25. The summed E-state index contributed by atoms with van der Waals surface area (Å²) in [6, 6.07) is 5.07. The van der Waals surface area contributed by atoms with Gasteiger partial charge in [-0.1, -0.05) is 0 Å². The Balaban J connectivity index is 2.24. The minimum absolute atomic E-state index is 0.0219. The van der Waals surface area contributed by atoms with E-state index in [1.165, 1.54) is 44.9 Å². The molecular weight excluding hydrogens is 340 g/mol. The van der Waals surface area contributed by atoms with Gasteiger partial charge in [-0.3, -0.25) is 9.59 Å². The number of rotatable bonds is 6. The molecule has 0 aliphatic carbocycles. The molecule has 1 atom stereocenters. The van der Waals surface area contributed by atoms with Crippen molar-refractivity contribution in [2.45, 2.75) is 25.8 Å². The molecule has 142 valence electrons. The molecule has 1 aliphatic rings. The quantitative estimate of drug-likeness (QED) is 0.819. The van der Waals surface area contributed by atoms with Gasteiger partial charge in [0, 0.05) is 26.1 Å². The third kappa shape index (κ3) is 3.44. The summed E-state index contributed by atoms with van der Waals surface area (Å²) in [7, 11) is 4.46. The molecule has 26 heavy (non-hydrogen) atoms. The lowest BCUT2D eigenvalue weighted by Gasteiger charge is -2.33. The Morgan fingerprint density at radius 3 is 2.46 bits per heavy atom. The lowest BCUT2D eigenvalue weighted by Crippen LogP contribution is -2.52. The Labute approximate surface area is 152 Å². The van der Waals surface area contributed by atoms with Crippen molar-refractivity contribution < 1.29 is 29.0 Å². The van der Waals surface area contributed by atoms with Gasteiger partial charge in [0.15, 0.2) is 0 Å². The smallest absolute Gasteiger partial charge is 0.329 e. The number of nitrogens with zero attached hydrogens (tertiary/aromatic N) is 2. The number of hydrogen-bond acceptors (Lipinski definition) is 5. The Kier molecular flexibility index (Phi) is 5.44. The van der Waals surface area contributed by atoms with Gasteiger partial charge in [0.25, 0.3) is 0 Å². The molecule has 2 amide bonds. The zero-order valence-electron chi connectivity index (χ0n) is 15.6. The average Bonchev–Trinajstić information content (AvgIpc) is 3.01. The van der Waals surface area contributed by atoms with E-state index in [2.05, 4.69) is 0 Å². The van der Waals surface area contributed by atoms with Gasteiger partial charge in [-0.25, -0.2) is 4.79 Å². The van der Waals surface area contributed by atoms with E-state index >= 15 is 0 Å². The number of benzene rings is 1. The molecule has 2 rings (SSSR count). The van der Waals surface area contributed by atoms with Crippen molar-refractivity contribution in [3.8, 4) is 11.5 Å². The van der Waals surface area contributed by atoms with E-state index in [1.807, 2.05) is 0 Å². The first-order valence-corrected chi connectivity index (χ1v) is 8.17. The average molecular weight is 364 g/mol. The molecule has 1 fully saturated rings. The fourth-order valence-corrected chi connectivity index (χ4v) is 2.81. The molecule has 0 radical (unpaired) electrons. The molecule has 1 heterocycles. The number of anilines is 1. The molecule has 8 heteroatoms. The molecule has 0 spiro atoms. The van der Waals surface area contributed by atoms with Gasteiger partial charge in [0.1, 0.15) is 17.0 Å². The number of ether oxygens (including phenoxy) is 2. The van der Waals surface area contributed by atoms with Crippen LogP contribution in [0.1, 0.15) is 20.3 Å². The van der Waals surface area contributed by atoms with Crippen LogP contribution in [0.3, 0.4) is 0 Å². The van der Waals surface area contributed by atoms with Crippen LogP contribution in [-0.2, 0) is 14.4 Å². The largest absolute Gasteiger partial charge is 0.497 e. The van der Waals surface area contributed by atoms with E-state index in [-0.39, 0.29) is 24.8 Å². The molecule has 0 bridgehead atoms. The van der Waals surface area contributed by atoms with Crippen molar-refractivity contribution in [1.29, 1.82) is 0 Å². The third-order valence-electron chi connectivity index (χ3n) is 4.84. The van der Waals surface area contributed by atoms with Crippen LogP contribution in [-0.4, -0.2) is 61.1 Å². The Morgan fingerprint density at radius 2 is 1.92 bits per heavy atom. The highest BCUT2D eigenvalue weighted by atomic mass is 16.5. The van der Waals surface area contributed by atoms with E-state index < -0.39 is 17.4 Å². The van der Waals surface area contributed by atoms with Crippen molar-refractivity contribution >= 4 is 23.5 Å². The Hall–Kier alpha value is -2.77. The molecular formula is C18H24N2O6. The predicted molar refractivity (Wildman–Crippen MR) is 94.5 cm³/mol. The monoisotopic (exact) mass is 364 g/mol. The summed E-state index contributed by atoms with van der Waals surface area (Å²) in [5.41, 5.74) is -0.806. The molecule has 1 aromatic rings. The number of carboxylic acid groups (broad SMARTS) is 1. The van der Waals surface area contributed by atoms with Crippen LogP contribution >= 0.6 is 0 Å². The van der Waals surface area contributed by atoms with Gasteiger partial charge in [-0.2, -0.15) is 0 Å². The van der Waals surface area contributed by atoms with Crippen molar-refractivity contribution in [2.75, 3.05) is 32.7 Å². The van der Waals surface area contributed by atoms with Crippen molar-refractivity contribution in [1.82, 2.24) is 4.90 Å². The summed E-state index contributed by atoms with van der Waals surface area (Å²) in [4.78, 5) is 39.2. The Bertz CT molecular complexity index is 730. The molecule has 0 aromatic heterocycles. The SMILES string of the molecule is COc1ccc(N2CC(C(=O)N(C)C(C)(C)C(=O)O)CC2=O)c(OC)c1. The number of carbonyl (C=O) groups excluding carboxylic acids is 2. The molecule has 0 saturated carbocycles. The van der Waals surface area contributed by atoms with Crippen LogP contribution in [0.25, 0.3) is 0 Å². The highest BCUT2D eigenvalue weighted by Crippen LogP contribution is 2.36. The second kappa shape index (κ2) is 7.23. The fraction of sp³-hybridized carbons (Fsp3) is 0.500. The van der Waals surface area contributed by atoms with Crippen molar-refractivity contribution in [3.63, 3.8) is 0 Å². The van der Waals surface area contributed by atoms with E-state index in [0.717, 1.165) is 0 Å². The zero-order chi connectivity index (χ0) is 19.6. The van der Waals surface area contributed by atoms with E-state index in [1.54, 1.807) is 18.2 Å². The molecule has 1 unspecified atom stereocenters. The third-order valence-corrected chi connectivity index (χ3v) is 4.84.